The first-order chi connectivity index (χ1) is 9.05. The molecule has 1 saturated heterocycles. The molecule has 1 N–H and O–H groups in total. The highest BCUT2D eigenvalue weighted by Gasteiger charge is 2.30. The average molecular weight is 348 g/mol. The largest absolute Gasteiger partial charge is 0.369 e. The van der Waals surface area contributed by atoms with Crippen molar-refractivity contribution in [2.75, 3.05) is 25.0 Å². The SMILES string of the molecule is CCCNc1ncc(Br)cc1S(=O)(=O)N1CCCC1. The minimum Gasteiger partial charge on any atom is -0.369 e. The average Bonchev–Trinajstić information content (AvgIpc) is 2.91. The Morgan fingerprint density at radius 3 is 2.74 bits per heavy atom. The second-order valence-electron chi connectivity index (χ2n) is 4.54. The number of nitrogens with zero attached hydrogens (tertiary/aromatic N) is 2. The van der Waals surface area contributed by atoms with Crippen molar-refractivity contribution in [3.63, 3.8) is 0 Å². The van der Waals surface area contributed by atoms with Crippen molar-refractivity contribution in [2.45, 2.75) is 31.1 Å². The van der Waals surface area contributed by atoms with E-state index in [0.29, 0.717) is 29.9 Å². The molecule has 0 radical (unpaired) electrons. The molecule has 2 heterocycles. The van der Waals surface area contributed by atoms with Gasteiger partial charge in [-0.25, -0.2) is 13.4 Å². The summed E-state index contributed by atoms with van der Waals surface area (Å²) in [6.07, 6.45) is 4.39. The lowest BCUT2D eigenvalue weighted by molar-refractivity contribution is 0.477. The Balaban J connectivity index is 2.38. The molecular weight excluding hydrogens is 330 g/mol. The van der Waals surface area contributed by atoms with Crippen LogP contribution in [0.15, 0.2) is 21.6 Å². The standard InChI is InChI=1S/C12H18BrN3O2S/c1-2-5-14-12-11(8-10(13)9-15-12)19(17,18)16-6-3-4-7-16/h8-9H,2-7H2,1H3,(H,14,15). The highest BCUT2D eigenvalue weighted by atomic mass is 79.9. The molecule has 0 atom stereocenters. The molecule has 1 aliphatic heterocycles. The van der Waals surface area contributed by atoms with Gasteiger partial charge >= 0.3 is 0 Å². The van der Waals surface area contributed by atoms with Crippen molar-refractivity contribution in [1.29, 1.82) is 0 Å². The van der Waals surface area contributed by atoms with Gasteiger partial charge in [0.1, 0.15) is 10.7 Å². The molecule has 19 heavy (non-hydrogen) atoms. The second kappa shape index (κ2) is 6.19. The lowest BCUT2D eigenvalue weighted by Gasteiger charge is -2.18. The van der Waals surface area contributed by atoms with E-state index in [2.05, 4.69) is 26.2 Å². The summed E-state index contributed by atoms with van der Waals surface area (Å²) in [5, 5.41) is 3.08. The van der Waals surface area contributed by atoms with Gasteiger partial charge < -0.3 is 5.32 Å². The van der Waals surface area contributed by atoms with Gasteiger partial charge in [-0.05, 0) is 41.3 Å². The highest BCUT2D eigenvalue weighted by Crippen LogP contribution is 2.28. The van der Waals surface area contributed by atoms with Gasteiger partial charge in [-0.15, -0.1) is 0 Å². The first kappa shape index (κ1) is 14.7. The molecule has 0 aromatic carbocycles. The molecule has 0 bridgehead atoms. The van der Waals surface area contributed by atoms with Gasteiger partial charge in [0.25, 0.3) is 0 Å². The highest BCUT2D eigenvalue weighted by molar-refractivity contribution is 9.10. The molecule has 2 rings (SSSR count). The van der Waals surface area contributed by atoms with Gasteiger partial charge in [-0.2, -0.15) is 4.31 Å². The quantitative estimate of drug-likeness (QED) is 0.888. The van der Waals surface area contributed by atoms with Crippen LogP contribution in [0.4, 0.5) is 5.82 Å². The normalized spacial score (nSPS) is 16.7. The number of pyridine rings is 1. The summed E-state index contributed by atoms with van der Waals surface area (Å²) in [5.41, 5.74) is 0. The second-order valence-corrected chi connectivity index (χ2v) is 7.36. The third-order valence-corrected chi connectivity index (χ3v) is 5.39. The Labute approximate surface area is 122 Å². The Morgan fingerprint density at radius 1 is 1.42 bits per heavy atom. The van der Waals surface area contributed by atoms with Crippen molar-refractivity contribution in [3.05, 3.63) is 16.7 Å². The maximum absolute atomic E-state index is 12.6. The van der Waals surface area contributed by atoms with E-state index in [4.69, 9.17) is 0 Å². The minimum absolute atomic E-state index is 0.261. The summed E-state index contributed by atoms with van der Waals surface area (Å²) in [6, 6.07) is 1.62. The van der Waals surface area contributed by atoms with E-state index in [0.717, 1.165) is 19.3 Å². The van der Waals surface area contributed by atoms with Crippen LogP contribution in [0, 0.1) is 0 Å². The van der Waals surface area contributed by atoms with E-state index in [1.54, 1.807) is 12.3 Å². The Bertz CT molecular complexity index is 542. The summed E-state index contributed by atoms with van der Waals surface area (Å²) in [6.45, 7) is 3.93. The first-order valence-corrected chi connectivity index (χ1v) is 8.68. The van der Waals surface area contributed by atoms with Gasteiger partial charge in [0.05, 0.1) is 0 Å². The summed E-state index contributed by atoms with van der Waals surface area (Å²) in [7, 11) is -3.44. The molecule has 0 aliphatic carbocycles. The van der Waals surface area contributed by atoms with E-state index < -0.39 is 10.0 Å². The third-order valence-electron chi connectivity index (χ3n) is 3.04. The predicted octanol–water partition coefficient (Wildman–Crippen LogP) is 2.45. The van der Waals surface area contributed by atoms with Crippen LogP contribution in [0.5, 0.6) is 0 Å². The number of sulfonamides is 1. The minimum atomic E-state index is -3.44. The zero-order valence-corrected chi connectivity index (χ0v) is 13.3. The fourth-order valence-corrected chi connectivity index (χ4v) is 4.21. The van der Waals surface area contributed by atoms with Crippen LogP contribution in [0.3, 0.4) is 0 Å². The van der Waals surface area contributed by atoms with E-state index in [-0.39, 0.29) is 4.90 Å². The third kappa shape index (κ3) is 3.27. The number of rotatable bonds is 5. The van der Waals surface area contributed by atoms with Crippen LogP contribution < -0.4 is 5.32 Å². The molecule has 0 spiro atoms. The zero-order valence-electron chi connectivity index (χ0n) is 10.9. The molecule has 7 heteroatoms. The number of hydrogen-bond acceptors (Lipinski definition) is 4. The first-order valence-electron chi connectivity index (χ1n) is 6.45. The predicted molar refractivity (Wildman–Crippen MR) is 78.7 cm³/mol. The Morgan fingerprint density at radius 2 is 2.11 bits per heavy atom. The molecular formula is C12H18BrN3O2S. The molecule has 1 aromatic heterocycles. The number of hydrogen-bond donors (Lipinski definition) is 1. The number of halogens is 1. The number of nitrogens with one attached hydrogen (secondary N) is 1. The van der Waals surface area contributed by atoms with Gasteiger partial charge in [0.15, 0.2) is 0 Å². The molecule has 0 saturated carbocycles. The molecule has 5 nitrogen and oxygen atoms in total. The molecule has 1 aromatic rings. The maximum atomic E-state index is 12.6. The fraction of sp³-hybridized carbons (Fsp3) is 0.583. The number of anilines is 1. The van der Waals surface area contributed by atoms with Crippen molar-refractivity contribution in [3.8, 4) is 0 Å². The van der Waals surface area contributed by atoms with Crippen LogP contribution in [-0.4, -0.2) is 37.3 Å². The van der Waals surface area contributed by atoms with Crippen LogP contribution in [0.2, 0.25) is 0 Å². The van der Waals surface area contributed by atoms with Gasteiger partial charge in [-0.1, -0.05) is 6.92 Å². The van der Waals surface area contributed by atoms with E-state index >= 15 is 0 Å². The van der Waals surface area contributed by atoms with Crippen molar-refractivity contribution in [1.82, 2.24) is 9.29 Å². The van der Waals surface area contributed by atoms with Crippen LogP contribution in [-0.2, 0) is 10.0 Å². The van der Waals surface area contributed by atoms with Gasteiger partial charge in [-0.3, -0.25) is 0 Å². The monoisotopic (exact) mass is 347 g/mol. The summed E-state index contributed by atoms with van der Waals surface area (Å²) < 4.78 is 27.4. The molecule has 0 unspecified atom stereocenters. The molecule has 1 aliphatic rings. The van der Waals surface area contributed by atoms with Crippen molar-refractivity contribution < 1.29 is 8.42 Å². The van der Waals surface area contributed by atoms with Crippen LogP contribution in [0.1, 0.15) is 26.2 Å². The zero-order chi connectivity index (χ0) is 13.9. The van der Waals surface area contributed by atoms with Crippen LogP contribution in [0.25, 0.3) is 0 Å². The fourth-order valence-electron chi connectivity index (χ4n) is 2.06. The smallest absolute Gasteiger partial charge is 0.246 e. The van der Waals surface area contributed by atoms with E-state index in [1.807, 2.05) is 6.92 Å². The van der Waals surface area contributed by atoms with E-state index in [1.165, 1.54) is 4.31 Å². The van der Waals surface area contributed by atoms with E-state index in [9.17, 15) is 8.42 Å². The number of aromatic nitrogens is 1. The van der Waals surface area contributed by atoms with Crippen molar-refractivity contribution >= 4 is 31.8 Å². The molecule has 1 fully saturated rings. The van der Waals surface area contributed by atoms with Gasteiger partial charge in [0.2, 0.25) is 10.0 Å². The summed E-state index contributed by atoms with van der Waals surface area (Å²) in [5.74, 6) is 0.442. The van der Waals surface area contributed by atoms with Gasteiger partial charge in [0, 0.05) is 30.3 Å². The Hall–Kier alpha value is -0.660. The maximum Gasteiger partial charge on any atom is 0.246 e. The van der Waals surface area contributed by atoms with Crippen molar-refractivity contribution in [2.24, 2.45) is 0 Å². The lowest BCUT2D eigenvalue weighted by Crippen LogP contribution is -2.29. The molecule has 106 valence electrons. The molecule has 0 amide bonds. The lowest BCUT2D eigenvalue weighted by atomic mass is 10.4. The summed E-state index contributed by atoms with van der Waals surface area (Å²) in [4.78, 5) is 4.45. The van der Waals surface area contributed by atoms with Crippen LogP contribution >= 0.6 is 15.9 Å². The summed E-state index contributed by atoms with van der Waals surface area (Å²) >= 11 is 3.29. The Kier molecular flexibility index (Phi) is 4.81. The topological polar surface area (TPSA) is 62.3 Å².